The molecule has 2 N–H and O–H groups in total. The fraction of sp³-hybridized carbons (Fsp3) is 0.810. The third-order valence-electron chi connectivity index (χ3n) is 8.76. The van der Waals surface area contributed by atoms with Crippen LogP contribution < -0.4 is 0 Å². The van der Waals surface area contributed by atoms with Crippen LogP contribution in [0.2, 0.25) is 0 Å². The molecular weight excluding hydrogens is 312 g/mol. The minimum absolute atomic E-state index is 0.188. The Hall–Kier alpha value is -1.32. The summed E-state index contributed by atoms with van der Waals surface area (Å²) < 4.78 is 0. The number of nitrogens with zero attached hydrogens (tertiary/aromatic N) is 2. The first-order valence-corrected chi connectivity index (χ1v) is 10.0. The second-order valence-electron chi connectivity index (χ2n) is 9.52. The Morgan fingerprint density at radius 1 is 1.12 bits per heavy atom. The van der Waals surface area contributed by atoms with Gasteiger partial charge in [0.05, 0.1) is 11.4 Å². The lowest BCUT2D eigenvalue weighted by atomic mass is 9.44. The van der Waals surface area contributed by atoms with E-state index in [1.807, 2.05) is 6.92 Å². The van der Waals surface area contributed by atoms with Crippen LogP contribution in [0.25, 0.3) is 0 Å². The standard InChI is InChI=1S/C21H32N2O2/c1-13(22-24)17-6-7-18-16-5-4-14-12-15(23-25)8-10-20(14,2)19(16)9-11-21(17,18)3/h6,14,16,18-19,24-25H,4-5,7-12H2,1-3H3/t14-,16?,18?,19?,20-,21+/m0/s1. The van der Waals surface area contributed by atoms with Crippen molar-refractivity contribution in [3.05, 3.63) is 11.6 Å². The van der Waals surface area contributed by atoms with Crippen LogP contribution in [0.1, 0.15) is 72.1 Å². The van der Waals surface area contributed by atoms with Crippen LogP contribution >= 0.6 is 0 Å². The van der Waals surface area contributed by atoms with Gasteiger partial charge in [-0.1, -0.05) is 30.2 Å². The van der Waals surface area contributed by atoms with E-state index in [4.69, 9.17) is 0 Å². The lowest BCUT2D eigenvalue weighted by Crippen LogP contribution is -2.53. The maximum atomic E-state index is 9.29. The average molecular weight is 344 g/mol. The minimum atomic E-state index is 0.188. The highest BCUT2D eigenvalue weighted by atomic mass is 16.4. The SMILES string of the molecule is CC(=NO)C1=CCC2C3CC[C@H]4CC(=NO)CC[C@]4(C)C3CC[C@]12C. The van der Waals surface area contributed by atoms with Crippen molar-refractivity contribution in [1.82, 2.24) is 0 Å². The summed E-state index contributed by atoms with van der Waals surface area (Å²) in [6.07, 6.45) is 11.7. The molecule has 3 unspecified atom stereocenters. The molecule has 0 spiro atoms. The van der Waals surface area contributed by atoms with Gasteiger partial charge in [0.25, 0.3) is 0 Å². The van der Waals surface area contributed by atoms with Crippen molar-refractivity contribution in [2.24, 2.45) is 44.8 Å². The summed E-state index contributed by atoms with van der Waals surface area (Å²) in [7, 11) is 0. The zero-order chi connectivity index (χ0) is 17.8. The molecule has 138 valence electrons. The van der Waals surface area contributed by atoms with Gasteiger partial charge in [-0.15, -0.1) is 0 Å². The summed E-state index contributed by atoms with van der Waals surface area (Å²) in [5.41, 5.74) is 3.71. The number of rotatable bonds is 1. The van der Waals surface area contributed by atoms with Crippen molar-refractivity contribution in [3.63, 3.8) is 0 Å². The van der Waals surface area contributed by atoms with Crippen LogP contribution in [0, 0.1) is 34.5 Å². The van der Waals surface area contributed by atoms with Gasteiger partial charge in [0.1, 0.15) is 0 Å². The Bertz CT molecular complexity index is 652. The first-order chi connectivity index (χ1) is 11.9. The molecule has 0 bridgehead atoms. The molecule has 0 radical (unpaired) electrons. The molecule has 0 saturated heterocycles. The number of fused-ring (bicyclic) bond motifs is 5. The van der Waals surface area contributed by atoms with Gasteiger partial charge < -0.3 is 10.4 Å². The van der Waals surface area contributed by atoms with E-state index in [0.29, 0.717) is 17.3 Å². The summed E-state index contributed by atoms with van der Waals surface area (Å²) in [6.45, 7) is 6.88. The maximum Gasteiger partial charge on any atom is 0.0799 e. The van der Waals surface area contributed by atoms with Crippen molar-refractivity contribution in [3.8, 4) is 0 Å². The fourth-order valence-corrected chi connectivity index (χ4v) is 7.33. The summed E-state index contributed by atoms with van der Waals surface area (Å²) in [5, 5.41) is 25.6. The molecule has 3 fully saturated rings. The Balaban J connectivity index is 1.61. The van der Waals surface area contributed by atoms with E-state index in [-0.39, 0.29) is 5.41 Å². The van der Waals surface area contributed by atoms with Gasteiger partial charge >= 0.3 is 0 Å². The minimum Gasteiger partial charge on any atom is -0.411 e. The first kappa shape index (κ1) is 17.1. The molecule has 0 aromatic carbocycles. The molecule has 4 nitrogen and oxygen atoms in total. The van der Waals surface area contributed by atoms with Gasteiger partial charge in [-0.3, -0.25) is 0 Å². The smallest absolute Gasteiger partial charge is 0.0799 e. The normalized spacial score (nSPS) is 48.5. The third-order valence-corrected chi connectivity index (χ3v) is 8.76. The maximum absolute atomic E-state index is 9.29. The highest BCUT2D eigenvalue weighted by molar-refractivity contribution is 5.99. The molecule has 6 atom stereocenters. The lowest BCUT2D eigenvalue weighted by molar-refractivity contribution is -0.0866. The van der Waals surface area contributed by atoms with Crippen molar-refractivity contribution in [2.45, 2.75) is 72.1 Å². The predicted octanol–water partition coefficient (Wildman–Crippen LogP) is 5.25. The van der Waals surface area contributed by atoms with Gasteiger partial charge in [0.15, 0.2) is 0 Å². The molecule has 0 aromatic heterocycles. The van der Waals surface area contributed by atoms with Crippen LogP contribution in [-0.4, -0.2) is 21.8 Å². The predicted molar refractivity (Wildman–Crippen MR) is 99.3 cm³/mol. The van der Waals surface area contributed by atoms with E-state index in [0.717, 1.165) is 42.5 Å². The molecule has 4 aliphatic rings. The molecule has 0 heterocycles. The van der Waals surface area contributed by atoms with Crippen molar-refractivity contribution in [2.75, 3.05) is 0 Å². The van der Waals surface area contributed by atoms with Crippen molar-refractivity contribution < 1.29 is 10.4 Å². The molecule has 25 heavy (non-hydrogen) atoms. The van der Waals surface area contributed by atoms with Crippen LogP contribution in [0.15, 0.2) is 22.0 Å². The summed E-state index contributed by atoms with van der Waals surface area (Å²) in [6, 6.07) is 0. The highest BCUT2D eigenvalue weighted by Crippen LogP contribution is 2.66. The number of oxime groups is 2. The molecule has 3 saturated carbocycles. The fourth-order valence-electron chi connectivity index (χ4n) is 7.33. The van der Waals surface area contributed by atoms with Gasteiger partial charge in [-0.25, -0.2) is 0 Å². The summed E-state index contributed by atoms with van der Waals surface area (Å²) >= 11 is 0. The van der Waals surface area contributed by atoms with Crippen LogP contribution in [0.3, 0.4) is 0 Å². The van der Waals surface area contributed by atoms with Crippen molar-refractivity contribution >= 4 is 11.4 Å². The Morgan fingerprint density at radius 3 is 2.64 bits per heavy atom. The summed E-state index contributed by atoms with van der Waals surface area (Å²) in [5.74, 6) is 2.97. The van der Waals surface area contributed by atoms with E-state index >= 15 is 0 Å². The topological polar surface area (TPSA) is 65.2 Å². The monoisotopic (exact) mass is 344 g/mol. The van der Waals surface area contributed by atoms with E-state index < -0.39 is 0 Å². The zero-order valence-corrected chi connectivity index (χ0v) is 15.8. The van der Waals surface area contributed by atoms with E-state index in [1.54, 1.807) is 0 Å². The average Bonchev–Trinajstić information content (AvgIpc) is 2.97. The number of hydrogen-bond donors (Lipinski definition) is 2. The quantitative estimate of drug-likeness (QED) is 0.388. The molecule has 4 aliphatic carbocycles. The molecule has 0 aromatic rings. The molecule has 0 amide bonds. The van der Waals surface area contributed by atoms with Crippen LogP contribution in [-0.2, 0) is 0 Å². The summed E-state index contributed by atoms with van der Waals surface area (Å²) in [4.78, 5) is 0. The number of allylic oxidation sites excluding steroid dienone is 2. The Kier molecular flexibility index (Phi) is 4.01. The van der Waals surface area contributed by atoms with Crippen LogP contribution in [0.4, 0.5) is 0 Å². The van der Waals surface area contributed by atoms with E-state index in [9.17, 15) is 10.4 Å². The van der Waals surface area contributed by atoms with Crippen LogP contribution in [0.5, 0.6) is 0 Å². The second-order valence-corrected chi connectivity index (χ2v) is 9.52. The van der Waals surface area contributed by atoms with Gasteiger partial charge in [-0.2, -0.15) is 0 Å². The molecule has 4 rings (SSSR count). The molecular formula is C21H32N2O2. The Labute approximate surface area is 151 Å². The van der Waals surface area contributed by atoms with Gasteiger partial charge in [0.2, 0.25) is 0 Å². The third kappa shape index (κ3) is 2.32. The highest BCUT2D eigenvalue weighted by Gasteiger charge is 2.58. The number of hydrogen-bond acceptors (Lipinski definition) is 4. The Morgan fingerprint density at radius 2 is 1.92 bits per heavy atom. The van der Waals surface area contributed by atoms with Gasteiger partial charge in [0, 0.05) is 0 Å². The van der Waals surface area contributed by atoms with E-state index in [1.165, 1.54) is 37.7 Å². The van der Waals surface area contributed by atoms with E-state index in [2.05, 4.69) is 30.2 Å². The molecule has 0 aliphatic heterocycles. The zero-order valence-electron chi connectivity index (χ0n) is 15.8. The second kappa shape index (κ2) is 5.85. The first-order valence-electron chi connectivity index (χ1n) is 10.0. The van der Waals surface area contributed by atoms with Crippen molar-refractivity contribution in [1.29, 1.82) is 0 Å². The molecule has 4 heteroatoms. The lowest BCUT2D eigenvalue weighted by Gasteiger charge is -2.60. The van der Waals surface area contributed by atoms with Gasteiger partial charge in [-0.05, 0) is 98.4 Å². The largest absolute Gasteiger partial charge is 0.411 e.